The van der Waals surface area contributed by atoms with Gasteiger partial charge >= 0.3 is 0 Å². The summed E-state index contributed by atoms with van der Waals surface area (Å²) in [4.78, 5) is 12.4. The second-order valence-electron chi connectivity index (χ2n) is 11.9. The van der Waals surface area contributed by atoms with E-state index >= 15 is 0 Å². The van der Waals surface area contributed by atoms with Crippen LogP contribution in [0.25, 0.3) is 0 Å². The predicted octanol–water partition coefficient (Wildman–Crippen LogP) is 6.44. The fourth-order valence-electron chi connectivity index (χ4n) is 4.54. The summed E-state index contributed by atoms with van der Waals surface area (Å²) in [5, 5.41) is 1.09. The van der Waals surface area contributed by atoms with Crippen LogP contribution < -0.4 is 15.5 Å². The molecule has 0 aromatic heterocycles. The Bertz CT molecular complexity index is 1270. The zero-order chi connectivity index (χ0) is 31.3. The highest BCUT2D eigenvalue weighted by molar-refractivity contribution is 14.1. The van der Waals surface area contributed by atoms with Crippen molar-refractivity contribution in [3.63, 3.8) is 0 Å². The summed E-state index contributed by atoms with van der Waals surface area (Å²) in [5.74, 6) is 0. The van der Waals surface area contributed by atoms with Gasteiger partial charge in [0.25, 0.3) is 0 Å². The molecule has 0 bridgehead atoms. The average Bonchev–Trinajstić information content (AvgIpc) is 3.31. The first-order chi connectivity index (χ1) is 18.9. The molecule has 2 aromatic rings. The third-order valence-electron chi connectivity index (χ3n) is 7.03. The molecule has 2 N–H and O–H groups in total. The predicted molar refractivity (Wildman–Crippen MR) is 201 cm³/mol. The Kier molecular flexibility index (Phi) is 13.2. The van der Waals surface area contributed by atoms with Crippen LogP contribution in [0.15, 0.2) is 41.4 Å². The quantitative estimate of drug-likeness (QED) is 0.125. The van der Waals surface area contributed by atoms with Crippen molar-refractivity contribution in [2.75, 3.05) is 58.2 Å². The molecule has 0 amide bonds. The summed E-state index contributed by atoms with van der Waals surface area (Å²) in [6.07, 6.45) is 1.99. The van der Waals surface area contributed by atoms with Gasteiger partial charge in [0.2, 0.25) is 5.11 Å². The number of hydrogen-bond acceptors (Lipinski definition) is 4. The third kappa shape index (κ3) is 9.68. The molecule has 4 rings (SSSR count). The molecular formula is C30H44I2N6OS2. The van der Waals surface area contributed by atoms with E-state index < -0.39 is 0 Å². The molecule has 0 spiro atoms. The van der Waals surface area contributed by atoms with E-state index in [1.54, 1.807) is 13.4 Å². The van der Waals surface area contributed by atoms with Crippen molar-refractivity contribution in [1.29, 1.82) is 0 Å². The fourth-order valence-corrected chi connectivity index (χ4v) is 5.87. The van der Waals surface area contributed by atoms with E-state index in [0.717, 1.165) is 13.1 Å². The number of ether oxygens (including phenoxy) is 1. The molecule has 0 saturated carbocycles. The number of hydrogen-bond donors (Lipinski definition) is 1. The highest BCUT2D eigenvalue weighted by Crippen LogP contribution is 2.42. The van der Waals surface area contributed by atoms with Gasteiger partial charge < -0.3 is 25.2 Å². The van der Waals surface area contributed by atoms with E-state index in [2.05, 4.69) is 119 Å². The Morgan fingerprint density at radius 3 is 1.73 bits per heavy atom. The summed E-state index contributed by atoms with van der Waals surface area (Å²) in [5.41, 5.74) is 11.0. The molecule has 1 unspecified atom stereocenters. The summed E-state index contributed by atoms with van der Waals surface area (Å²) >= 11 is 15.2. The van der Waals surface area contributed by atoms with Crippen LogP contribution in [0.2, 0.25) is 0 Å². The van der Waals surface area contributed by atoms with E-state index in [0.29, 0.717) is 10.2 Å². The Labute approximate surface area is 285 Å². The molecule has 7 nitrogen and oxygen atoms in total. The van der Waals surface area contributed by atoms with Crippen LogP contribution in [0.4, 0.5) is 11.4 Å². The summed E-state index contributed by atoms with van der Waals surface area (Å²) < 4.78 is 7.37. The summed E-state index contributed by atoms with van der Waals surface area (Å²) in [6.45, 7) is 12.7. The molecule has 2 aromatic carbocycles. The lowest BCUT2D eigenvalue weighted by molar-refractivity contribution is 0.0116. The van der Waals surface area contributed by atoms with Gasteiger partial charge in [-0.3, -0.25) is 4.90 Å². The molecule has 11 heteroatoms. The highest BCUT2D eigenvalue weighted by Gasteiger charge is 2.37. The number of thiocarbonyl (C=S) groups is 2. The molecule has 1 atom stereocenters. The lowest BCUT2D eigenvalue weighted by Crippen LogP contribution is -2.37. The molecule has 2 aliphatic rings. The van der Waals surface area contributed by atoms with Crippen LogP contribution in [0, 0.1) is 7.14 Å². The minimum atomic E-state index is 0.109. The van der Waals surface area contributed by atoms with Crippen molar-refractivity contribution in [1.82, 2.24) is 9.80 Å². The highest BCUT2D eigenvalue weighted by atomic mass is 127. The molecule has 2 aliphatic heterocycles. The van der Waals surface area contributed by atoms with Gasteiger partial charge in [0.15, 0.2) is 5.11 Å². The molecule has 226 valence electrons. The molecule has 0 saturated heterocycles. The normalized spacial score (nSPS) is 16.8. The van der Waals surface area contributed by atoms with Crippen LogP contribution in [0.5, 0.6) is 0 Å². The van der Waals surface area contributed by atoms with E-state index in [9.17, 15) is 0 Å². The van der Waals surface area contributed by atoms with Gasteiger partial charge in [-0.1, -0.05) is 39.8 Å². The van der Waals surface area contributed by atoms with Crippen molar-refractivity contribution >= 4 is 97.6 Å². The number of rotatable bonds is 3. The minimum absolute atomic E-state index is 0.109. The maximum absolute atomic E-state index is 5.74. The minimum Gasteiger partial charge on any atom is -0.376 e. The molecule has 2 heterocycles. The lowest BCUT2D eigenvalue weighted by Gasteiger charge is -2.20. The monoisotopic (exact) mass is 822 g/mol. The van der Waals surface area contributed by atoms with E-state index in [1.165, 1.54) is 29.6 Å². The van der Waals surface area contributed by atoms with Crippen LogP contribution in [-0.2, 0) is 15.6 Å². The van der Waals surface area contributed by atoms with Gasteiger partial charge in [0, 0.05) is 63.6 Å². The number of fused-ring (bicyclic) bond motifs is 2. The largest absolute Gasteiger partial charge is 0.376 e. The Morgan fingerprint density at radius 1 is 0.927 bits per heavy atom. The average molecular weight is 823 g/mol. The first-order valence-electron chi connectivity index (χ1n) is 13.3. The Morgan fingerprint density at radius 2 is 1.37 bits per heavy atom. The number of halogens is 2. The van der Waals surface area contributed by atoms with Crippen LogP contribution >= 0.6 is 69.6 Å². The van der Waals surface area contributed by atoms with Crippen LogP contribution in [0.3, 0.4) is 0 Å². The van der Waals surface area contributed by atoms with Crippen molar-refractivity contribution in [2.24, 2.45) is 10.7 Å². The standard InChI is InChI=1S/C14H18IN3S.C11H13IN2S.C5H13NO/c1-14(2)8-18(13(19)16-9-17(3)4)12-7-10(15)5-6-11(12)14;1-11(2)6-14(10(13)15)9-5-7(12)3-4-8(9)11;1-5(7-4)6(2)3/h5-7,9H,8H2,1-4H3;3-5H,6H2,1-2H3,(H2,13,15);5H,1-4H3. The zero-order valence-electron chi connectivity index (χ0n) is 25.8. The van der Waals surface area contributed by atoms with E-state index in [-0.39, 0.29) is 17.1 Å². The first-order valence-corrected chi connectivity index (χ1v) is 16.3. The smallest absolute Gasteiger partial charge is 0.201 e. The van der Waals surface area contributed by atoms with Gasteiger partial charge in [0.1, 0.15) is 6.23 Å². The van der Waals surface area contributed by atoms with Gasteiger partial charge in [-0.25, -0.2) is 4.99 Å². The maximum atomic E-state index is 5.74. The van der Waals surface area contributed by atoms with Crippen molar-refractivity contribution in [3.05, 3.63) is 54.7 Å². The lowest BCUT2D eigenvalue weighted by atomic mass is 9.87. The number of aliphatic imine (C=N–C) groups is 1. The van der Waals surface area contributed by atoms with Gasteiger partial charge in [0.05, 0.1) is 6.34 Å². The van der Waals surface area contributed by atoms with Crippen LogP contribution in [-0.4, -0.2) is 81.0 Å². The second-order valence-corrected chi connectivity index (χ2v) is 15.2. The second kappa shape index (κ2) is 15.0. The molecule has 0 fully saturated rings. The molecule has 0 radical (unpaired) electrons. The van der Waals surface area contributed by atoms with Gasteiger partial charge in [-0.05, 0) is 126 Å². The summed E-state index contributed by atoms with van der Waals surface area (Å²) in [7, 11) is 9.54. The number of benzene rings is 2. The van der Waals surface area contributed by atoms with Gasteiger partial charge in [-0.2, -0.15) is 0 Å². The Balaban J connectivity index is 0.000000238. The topological polar surface area (TPSA) is 60.6 Å². The van der Waals surface area contributed by atoms with Crippen LogP contribution in [0.1, 0.15) is 45.7 Å². The number of methoxy groups -OCH3 is 1. The van der Waals surface area contributed by atoms with Crippen molar-refractivity contribution in [2.45, 2.75) is 51.7 Å². The number of nitrogens with two attached hydrogens (primary N) is 1. The van der Waals surface area contributed by atoms with Crippen molar-refractivity contribution in [3.8, 4) is 0 Å². The van der Waals surface area contributed by atoms with Crippen molar-refractivity contribution < 1.29 is 4.74 Å². The van der Waals surface area contributed by atoms with E-state index in [1.807, 2.05) is 49.8 Å². The number of anilines is 2. The Hall–Kier alpha value is -1.13. The third-order valence-corrected chi connectivity index (χ3v) is 8.92. The fraction of sp³-hybridized carbons (Fsp3) is 0.500. The SMILES string of the molecule is CC1(C)CN(C(N)=S)c2cc(I)ccc21.CN(C)C=NC(=S)N1CC(C)(C)c2ccc(I)cc21.COC(C)N(C)C. The molecular weight excluding hydrogens is 778 g/mol. The zero-order valence-corrected chi connectivity index (χ0v) is 31.8. The van der Waals surface area contributed by atoms with Gasteiger partial charge in [-0.15, -0.1) is 0 Å². The summed E-state index contributed by atoms with van der Waals surface area (Å²) in [6, 6.07) is 13.0. The number of nitrogens with zero attached hydrogens (tertiary/aromatic N) is 5. The molecule has 0 aliphatic carbocycles. The maximum Gasteiger partial charge on any atom is 0.201 e. The van der Waals surface area contributed by atoms with E-state index in [4.69, 9.17) is 34.9 Å². The first kappa shape index (κ1) is 36.1. The molecule has 41 heavy (non-hydrogen) atoms.